The van der Waals surface area contributed by atoms with Gasteiger partial charge in [-0.1, -0.05) is 29.8 Å². The number of carboxylic acid groups (broad SMARTS) is 1. The number of aromatic nitrogens is 2. The highest BCUT2D eigenvalue weighted by molar-refractivity contribution is 6.30. The predicted molar refractivity (Wildman–Crippen MR) is 100 cm³/mol. The predicted octanol–water partition coefficient (Wildman–Crippen LogP) is 3.60. The van der Waals surface area contributed by atoms with Gasteiger partial charge in [-0.25, -0.2) is 4.79 Å². The van der Waals surface area contributed by atoms with Crippen LogP contribution in [0.5, 0.6) is 5.75 Å². The number of carbonyl (C=O) groups excluding carboxylic acids is 1. The van der Waals surface area contributed by atoms with Crippen LogP contribution in [-0.4, -0.2) is 26.8 Å². The average molecular weight is 386 g/mol. The molecule has 0 atom stereocenters. The Bertz CT molecular complexity index is 983. The van der Waals surface area contributed by atoms with Crippen molar-refractivity contribution >= 4 is 29.2 Å². The van der Waals surface area contributed by atoms with Gasteiger partial charge in [-0.05, 0) is 35.9 Å². The van der Waals surface area contributed by atoms with Crippen molar-refractivity contribution in [3.63, 3.8) is 0 Å². The normalized spacial score (nSPS) is 10.4. The molecule has 1 heterocycles. The van der Waals surface area contributed by atoms with E-state index in [1.165, 1.54) is 17.9 Å². The molecule has 3 rings (SSSR count). The number of carboxylic acids is 1. The topological polar surface area (TPSA) is 93.5 Å². The number of anilines is 1. The van der Waals surface area contributed by atoms with E-state index < -0.39 is 11.9 Å². The van der Waals surface area contributed by atoms with Crippen LogP contribution in [0.2, 0.25) is 5.02 Å². The molecule has 2 aromatic carbocycles. The molecule has 1 aromatic heterocycles. The van der Waals surface area contributed by atoms with Gasteiger partial charge in [0.15, 0.2) is 5.69 Å². The summed E-state index contributed by atoms with van der Waals surface area (Å²) in [5.41, 5.74) is 1.32. The Morgan fingerprint density at radius 2 is 1.96 bits per heavy atom. The van der Waals surface area contributed by atoms with Crippen molar-refractivity contribution in [1.82, 2.24) is 9.78 Å². The number of aryl methyl sites for hydroxylation is 1. The van der Waals surface area contributed by atoms with Gasteiger partial charge in [0, 0.05) is 17.6 Å². The molecule has 0 aliphatic heterocycles. The number of ether oxygens (including phenoxy) is 1. The fourth-order valence-corrected chi connectivity index (χ4v) is 2.63. The first kappa shape index (κ1) is 18.5. The second-order valence-corrected chi connectivity index (χ2v) is 6.17. The number of amides is 1. The summed E-state index contributed by atoms with van der Waals surface area (Å²) in [6.07, 6.45) is 1.30. The molecule has 0 aliphatic carbocycles. The van der Waals surface area contributed by atoms with E-state index in [0.29, 0.717) is 22.9 Å². The minimum Gasteiger partial charge on any atom is -0.489 e. The van der Waals surface area contributed by atoms with E-state index in [0.717, 1.165) is 5.56 Å². The van der Waals surface area contributed by atoms with Gasteiger partial charge in [-0.15, -0.1) is 0 Å². The first-order valence-electron chi connectivity index (χ1n) is 7.98. The highest BCUT2D eigenvalue weighted by atomic mass is 35.5. The van der Waals surface area contributed by atoms with Crippen molar-refractivity contribution in [2.24, 2.45) is 7.05 Å². The lowest BCUT2D eigenvalue weighted by molar-refractivity contribution is 0.0686. The first-order chi connectivity index (χ1) is 12.9. The fourth-order valence-electron chi connectivity index (χ4n) is 2.45. The van der Waals surface area contributed by atoms with E-state index in [-0.39, 0.29) is 11.4 Å². The molecule has 0 saturated heterocycles. The molecule has 27 heavy (non-hydrogen) atoms. The Kier molecular flexibility index (Phi) is 5.42. The number of hydrogen-bond acceptors (Lipinski definition) is 4. The molecule has 2 N–H and O–H groups in total. The summed E-state index contributed by atoms with van der Waals surface area (Å²) < 4.78 is 6.84. The molecule has 0 spiro atoms. The number of rotatable bonds is 6. The van der Waals surface area contributed by atoms with E-state index in [1.54, 1.807) is 42.5 Å². The number of nitrogens with zero attached hydrogens (tertiary/aromatic N) is 2. The van der Waals surface area contributed by atoms with Crippen LogP contribution in [0.15, 0.2) is 54.7 Å². The SMILES string of the molecule is Cn1ncc(NC(=O)c2ccc(COc3cccc(Cl)c3)cc2)c1C(=O)O. The summed E-state index contributed by atoms with van der Waals surface area (Å²) >= 11 is 5.91. The van der Waals surface area contributed by atoms with Crippen LogP contribution in [-0.2, 0) is 13.7 Å². The van der Waals surface area contributed by atoms with Gasteiger partial charge in [0.05, 0.1) is 11.9 Å². The zero-order valence-corrected chi connectivity index (χ0v) is 15.1. The van der Waals surface area contributed by atoms with Crippen LogP contribution in [0, 0.1) is 0 Å². The third kappa shape index (κ3) is 4.45. The monoisotopic (exact) mass is 385 g/mol. The van der Waals surface area contributed by atoms with Crippen molar-refractivity contribution < 1.29 is 19.4 Å². The van der Waals surface area contributed by atoms with Crippen LogP contribution in [0.4, 0.5) is 5.69 Å². The van der Waals surface area contributed by atoms with Crippen LogP contribution in [0.25, 0.3) is 0 Å². The second-order valence-electron chi connectivity index (χ2n) is 5.73. The van der Waals surface area contributed by atoms with Gasteiger partial charge in [0.25, 0.3) is 5.91 Å². The van der Waals surface area contributed by atoms with E-state index >= 15 is 0 Å². The van der Waals surface area contributed by atoms with E-state index in [4.69, 9.17) is 16.3 Å². The number of benzene rings is 2. The lowest BCUT2D eigenvalue weighted by Crippen LogP contribution is -2.15. The molecule has 138 valence electrons. The maximum absolute atomic E-state index is 12.3. The molecule has 8 heteroatoms. The molecule has 0 aliphatic rings. The second kappa shape index (κ2) is 7.92. The van der Waals surface area contributed by atoms with Gasteiger partial charge in [-0.3, -0.25) is 9.48 Å². The third-order valence-electron chi connectivity index (χ3n) is 3.81. The van der Waals surface area contributed by atoms with Crippen LogP contribution in [0.3, 0.4) is 0 Å². The Labute approximate surface area is 160 Å². The largest absolute Gasteiger partial charge is 0.489 e. The van der Waals surface area contributed by atoms with Crippen LogP contribution in [0.1, 0.15) is 26.4 Å². The number of halogens is 1. The molecule has 1 amide bonds. The smallest absolute Gasteiger partial charge is 0.356 e. The van der Waals surface area contributed by atoms with Gasteiger partial charge < -0.3 is 15.2 Å². The van der Waals surface area contributed by atoms with Gasteiger partial charge in [0.1, 0.15) is 12.4 Å². The number of nitrogens with one attached hydrogen (secondary N) is 1. The minimum atomic E-state index is -1.17. The molecule has 0 saturated carbocycles. The summed E-state index contributed by atoms with van der Waals surface area (Å²) in [5, 5.41) is 16.2. The number of hydrogen-bond donors (Lipinski definition) is 2. The highest BCUT2D eigenvalue weighted by Crippen LogP contribution is 2.19. The molecule has 7 nitrogen and oxygen atoms in total. The zero-order valence-electron chi connectivity index (χ0n) is 14.3. The van der Waals surface area contributed by atoms with Crippen LogP contribution >= 0.6 is 11.6 Å². The quantitative estimate of drug-likeness (QED) is 0.676. The summed E-state index contributed by atoms with van der Waals surface area (Å²) in [7, 11) is 1.49. The molecule has 3 aromatic rings. The zero-order chi connectivity index (χ0) is 19.4. The standard InChI is InChI=1S/C19H16ClN3O4/c1-23-17(19(25)26)16(10-21-23)22-18(24)13-7-5-12(6-8-13)11-27-15-4-2-3-14(20)9-15/h2-10H,11H2,1H3,(H,22,24)(H,25,26). The van der Waals surface area contributed by atoms with Gasteiger partial charge in [-0.2, -0.15) is 5.10 Å². The Morgan fingerprint density at radius 1 is 1.22 bits per heavy atom. The fraction of sp³-hybridized carbons (Fsp3) is 0.105. The van der Waals surface area contributed by atoms with Crippen molar-refractivity contribution in [2.75, 3.05) is 5.32 Å². The molecular formula is C19H16ClN3O4. The average Bonchev–Trinajstić information content (AvgIpc) is 3.01. The summed E-state index contributed by atoms with van der Waals surface area (Å²) in [5.74, 6) is -0.936. The molecule has 0 radical (unpaired) electrons. The van der Waals surface area contributed by atoms with Crippen LogP contribution < -0.4 is 10.1 Å². The van der Waals surface area contributed by atoms with E-state index in [2.05, 4.69) is 10.4 Å². The number of carbonyl (C=O) groups is 2. The Morgan fingerprint density at radius 3 is 2.63 bits per heavy atom. The summed E-state index contributed by atoms with van der Waals surface area (Å²) in [6, 6.07) is 13.9. The third-order valence-corrected chi connectivity index (χ3v) is 4.04. The van der Waals surface area contributed by atoms with Crippen molar-refractivity contribution in [3.05, 3.63) is 76.6 Å². The van der Waals surface area contributed by atoms with Crippen molar-refractivity contribution in [1.29, 1.82) is 0 Å². The maximum atomic E-state index is 12.3. The van der Waals surface area contributed by atoms with Gasteiger partial charge in [0.2, 0.25) is 0 Å². The molecule has 0 unspecified atom stereocenters. The molecular weight excluding hydrogens is 370 g/mol. The van der Waals surface area contributed by atoms with Crippen molar-refractivity contribution in [3.8, 4) is 5.75 Å². The molecule has 0 fully saturated rings. The Balaban J connectivity index is 1.64. The van der Waals surface area contributed by atoms with Crippen molar-refractivity contribution in [2.45, 2.75) is 6.61 Å². The summed E-state index contributed by atoms with van der Waals surface area (Å²) in [6.45, 7) is 0.327. The van der Waals surface area contributed by atoms with E-state index in [1.807, 2.05) is 6.07 Å². The Hall–Kier alpha value is -3.32. The first-order valence-corrected chi connectivity index (χ1v) is 8.36. The lowest BCUT2D eigenvalue weighted by atomic mass is 10.1. The highest BCUT2D eigenvalue weighted by Gasteiger charge is 2.18. The minimum absolute atomic E-state index is 0.0881. The summed E-state index contributed by atoms with van der Waals surface area (Å²) in [4.78, 5) is 23.6. The van der Waals surface area contributed by atoms with E-state index in [9.17, 15) is 14.7 Å². The molecule has 0 bridgehead atoms. The lowest BCUT2D eigenvalue weighted by Gasteiger charge is -2.08. The maximum Gasteiger partial charge on any atom is 0.356 e. The number of aromatic carboxylic acids is 1. The van der Waals surface area contributed by atoms with Gasteiger partial charge >= 0.3 is 5.97 Å².